The lowest BCUT2D eigenvalue weighted by Gasteiger charge is -2.15. The van der Waals surface area contributed by atoms with Crippen molar-refractivity contribution in [2.75, 3.05) is 13.2 Å². The summed E-state index contributed by atoms with van der Waals surface area (Å²) in [4.78, 5) is 0.0577. The highest BCUT2D eigenvalue weighted by Gasteiger charge is 2.20. The first kappa shape index (κ1) is 15.3. The van der Waals surface area contributed by atoms with Crippen LogP contribution in [0.1, 0.15) is 30.4 Å². The molecule has 1 aliphatic rings. The lowest BCUT2D eigenvalue weighted by molar-refractivity contribution is 0.0898. The second-order valence-electron chi connectivity index (χ2n) is 5.23. The molecule has 1 unspecified atom stereocenters. The van der Waals surface area contributed by atoms with Crippen LogP contribution < -0.4 is 9.88 Å². The molecule has 1 saturated heterocycles. The molecule has 6 heteroatoms. The summed E-state index contributed by atoms with van der Waals surface area (Å²) in [7, 11) is -3.78. The molecule has 1 atom stereocenters. The molecule has 0 aliphatic carbocycles. The fourth-order valence-corrected chi connectivity index (χ4v) is 3.30. The van der Waals surface area contributed by atoms with Crippen molar-refractivity contribution in [2.45, 2.75) is 44.1 Å². The van der Waals surface area contributed by atoms with Crippen LogP contribution in [0.15, 0.2) is 17.0 Å². The number of nitrogens with two attached hydrogens (primary N) is 1. The minimum Gasteiger partial charge on any atom is -0.492 e. The Labute approximate surface area is 120 Å². The van der Waals surface area contributed by atoms with Gasteiger partial charge >= 0.3 is 0 Å². The van der Waals surface area contributed by atoms with E-state index in [0.29, 0.717) is 12.4 Å². The van der Waals surface area contributed by atoms with Gasteiger partial charge in [-0.1, -0.05) is 6.07 Å². The van der Waals surface area contributed by atoms with Gasteiger partial charge < -0.3 is 9.47 Å². The van der Waals surface area contributed by atoms with Crippen LogP contribution in [-0.2, 0) is 14.8 Å². The smallest absolute Gasteiger partial charge is 0.241 e. The van der Waals surface area contributed by atoms with Crippen molar-refractivity contribution in [1.82, 2.24) is 0 Å². The molecule has 1 aliphatic heterocycles. The highest BCUT2D eigenvalue weighted by molar-refractivity contribution is 7.89. The van der Waals surface area contributed by atoms with Gasteiger partial charge in [-0.3, -0.25) is 0 Å². The second-order valence-corrected chi connectivity index (χ2v) is 6.76. The summed E-state index contributed by atoms with van der Waals surface area (Å²) in [6, 6.07) is 3.43. The number of ether oxygens (including phenoxy) is 2. The Morgan fingerprint density at radius 1 is 1.40 bits per heavy atom. The quantitative estimate of drug-likeness (QED) is 0.900. The predicted molar refractivity (Wildman–Crippen MR) is 76.4 cm³/mol. The molecule has 2 rings (SSSR count). The summed E-state index contributed by atoms with van der Waals surface area (Å²) in [5, 5.41) is 5.26. The molecule has 0 amide bonds. The number of hydrogen-bond donors (Lipinski definition) is 1. The Balaban J connectivity index is 2.13. The van der Waals surface area contributed by atoms with E-state index < -0.39 is 10.0 Å². The zero-order valence-electron chi connectivity index (χ0n) is 11.9. The molecule has 1 aromatic rings. The van der Waals surface area contributed by atoms with Crippen molar-refractivity contribution in [1.29, 1.82) is 0 Å². The Morgan fingerprint density at radius 2 is 2.15 bits per heavy atom. The minimum atomic E-state index is -3.78. The molecular weight excluding hydrogens is 278 g/mol. The summed E-state index contributed by atoms with van der Waals surface area (Å²) in [5.74, 6) is 0.357. The lowest BCUT2D eigenvalue weighted by Crippen LogP contribution is -2.16. The maximum Gasteiger partial charge on any atom is 0.241 e. The summed E-state index contributed by atoms with van der Waals surface area (Å²) < 4.78 is 34.5. The van der Waals surface area contributed by atoms with Crippen LogP contribution >= 0.6 is 0 Å². The van der Waals surface area contributed by atoms with E-state index >= 15 is 0 Å². The maximum atomic E-state index is 11.7. The number of primary sulfonamides is 1. The highest BCUT2D eigenvalue weighted by Crippen LogP contribution is 2.29. The monoisotopic (exact) mass is 299 g/mol. The van der Waals surface area contributed by atoms with E-state index in [4.69, 9.17) is 14.6 Å². The Hall–Kier alpha value is -1.11. The van der Waals surface area contributed by atoms with E-state index in [1.807, 2.05) is 19.9 Å². The third-order valence-corrected chi connectivity index (χ3v) is 4.32. The Kier molecular flexibility index (Phi) is 4.67. The zero-order valence-corrected chi connectivity index (χ0v) is 12.7. The van der Waals surface area contributed by atoms with Gasteiger partial charge in [0, 0.05) is 13.0 Å². The number of rotatable bonds is 5. The molecule has 2 N–H and O–H groups in total. The number of aryl methyl sites for hydroxylation is 2. The molecular formula is C14H21NO4S. The second kappa shape index (κ2) is 6.11. The molecule has 20 heavy (non-hydrogen) atoms. The van der Waals surface area contributed by atoms with Crippen LogP contribution in [0.2, 0.25) is 0 Å². The molecule has 0 spiro atoms. The standard InChI is InChI=1S/C14H21NO4S/c1-10-8-11(2)14(13(9-10)20(15,16)17)19-7-5-12-4-3-6-18-12/h8-9,12H,3-7H2,1-2H3,(H2,15,16,17). The Morgan fingerprint density at radius 3 is 2.75 bits per heavy atom. The number of sulfonamides is 1. The number of benzene rings is 1. The van der Waals surface area contributed by atoms with Crippen molar-refractivity contribution >= 4 is 10.0 Å². The van der Waals surface area contributed by atoms with Crippen molar-refractivity contribution in [3.8, 4) is 5.75 Å². The topological polar surface area (TPSA) is 78.6 Å². The molecule has 112 valence electrons. The molecule has 0 radical (unpaired) electrons. The van der Waals surface area contributed by atoms with Gasteiger partial charge in [-0.2, -0.15) is 0 Å². The van der Waals surface area contributed by atoms with Gasteiger partial charge in [0.25, 0.3) is 0 Å². The summed E-state index contributed by atoms with van der Waals surface area (Å²) >= 11 is 0. The van der Waals surface area contributed by atoms with Gasteiger partial charge in [-0.25, -0.2) is 13.6 Å². The van der Waals surface area contributed by atoms with Crippen LogP contribution in [-0.4, -0.2) is 27.7 Å². The van der Waals surface area contributed by atoms with Gasteiger partial charge in [0.1, 0.15) is 10.6 Å². The summed E-state index contributed by atoms with van der Waals surface area (Å²) in [6.07, 6.45) is 3.10. The average molecular weight is 299 g/mol. The average Bonchev–Trinajstić information content (AvgIpc) is 2.83. The van der Waals surface area contributed by atoms with Crippen LogP contribution in [0, 0.1) is 13.8 Å². The molecule has 5 nitrogen and oxygen atoms in total. The fourth-order valence-electron chi connectivity index (χ4n) is 2.48. The van der Waals surface area contributed by atoms with E-state index in [0.717, 1.165) is 37.0 Å². The summed E-state index contributed by atoms with van der Waals surface area (Å²) in [6.45, 7) is 4.88. The zero-order chi connectivity index (χ0) is 14.8. The SMILES string of the molecule is Cc1cc(C)c(OCCC2CCCO2)c(S(N)(=O)=O)c1. The van der Waals surface area contributed by atoms with E-state index in [9.17, 15) is 8.42 Å². The van der Waals surface area contributed by atoms with Gasteiger partial charge in [0.15, 0.2) is 0 Å². The van der Waals surface area contributed by atoms with Crippen molar-refractivity contribution in [3.63, 3.8) is 0 Å². The van der Waals surface area contributed by atoms with Crippen LogP contribution in [0.4, 0.5) is 0 Å². The molecule has 1 fully saturated rings. The van der Waals surface area contributed by atoms with Crippen LogP contribution in [0.25, 0.3) is 0 Å². The van der Waals surface area contributed by atoms with Crippen molar-refractivity contribution in [3.05, 3.63) is 23.3 Å². The van der Waals surface area contributed by atoms with E-state index in [1.54, 1.807) is 6.07 Å². The molecule has 0 aromatic heterocycles. The van der Waals surface area contributed by atoms with Gasteiger partial charge in [0.2, 0.25) is 10.0 Å². The molecule has 0 bridgehead atoms. The van der Waals surface area contributed by atoms with Gasteiger partial charge in [-0.05, 0) is 43.9 Å². The van der Waals surface area contributed by atoms with Crippen LogP contribution in [0.3, 0.4) is 0 Å². The van der Waals surface area contributed by atoms with Gasteiger partial charge in [-0.15, -0.1) is 0 Å². The van der Waals surface area contributed by atoms with E-state index in [2.05, 4.69) is 0 Å². The van der Waals surface area contributed by atoms with Crippen LogP contribution in [0.5, 0.6) is 5.75 Å². The largest absolute Gasteiger partial charge is 0.492 e. The van der Waals surface area contributed by atoms with E-state index in [1.165, 1.54) is 0 Å². The predicted octanol–water partition coefficient (Wildman–Crippen LogP) is 1.90. The first-order valence-corrected chi connectivity index (χ1v) is 8.31. The Bertz CT molecular complexity index is 577. The first-order chi connectivity index (χ1) is 9.38. The van der Waals surface area contributed by atoms with Crippen molar-refractivity contribution in [2.24, 2.45) is 5.14 Å². The normalized spacial score (nSPS) is 19.2. The highest BCUT2D eigenvalue weighted by atomic mass is 32.2. The minimum absolute atomic E-state index is 0.0577. The molecule has 0 saturated carbocycles. The third kappa shape index (κ3) is 3.71. The lowest BCUT2D eigenvalue weighted by atomic mass is 10.1. The molecule has 1 heterocycles. The van der Waals surface area contributed by atoms with Gasteiger partial charge in [0.05, 0.1) is 12.7 Å². The fraction of sp³-hybridized carbons (Fsp3) is 0.571. The van der Waals surface area contributed by atoms with E-state index in [-0.39, 0.29) is 11.0 Å². The van der Waals surface area contributed by atoms with Crippen molar-refractivity contribution < 1.29 is 17.9 Å². The summed E-state index contributed by atoms with van der Waals surface area (Å²) in [5.41, 5.74) is 1.62. The maximum absolute atomic E-state index is 11.7. The molecule has 1 aromatic carbocycles. The number of hydrogen-bond acceptors (Lipinski definition) is 4. The first-order valence-electron chi connectivity index (χ1n) is 6.76. The third-order valence-electron chi connectivity index (χ3n) is 3.40.